The zero-order chi connectivity index (χ0) is 14.8. The summed E-state index contributed by atoms with van der Waals surface area (Å²) in [5.41, 5.74) is -0.619. The van der Waals surface area contributed by atoms with Crippen LogP contribution in [-0.4, -0.2) is 26.0 Å². The largest absolute Gasteiger partial charge is 0.299 e. The molecular formula is C13H27NO3S. The van der Waals surface area contributed by atoms with E-state index in [-0.39, 0.29) is 29.4 Å². The highest BCUT2D eigenvalue weighted by Gasteiger charge is 2.27. The molecule has 4 nitrogen and oxygen atoms in total. The van der Waals surface area contributed by atoms with Crippen LogP contribution in [0.3, 0.4) is 0 Å². The maximum absolute atomic E-state index is 11.9. The molecule has 0 aromatic carbocycles. The van der Waals surface area contributed by atoms with Crippen molar-refractivity contribution in [2.75, 3.05) is 5.75 Å². The van der Waals surface area contributed by atoms with Crippen LogP contribution in [0.2, 0.25) is 0 Å². The monoisotopic (exact) mass is 277 g/mol. The molecule has 18 heavy (non-hydrogen) atoms. The normalized spacial score (nSPS) is 15.5. The Balaban J connectivity index is 4.48. The maximum Gasteiger partial charge on any atom is 0.212 e. The molecule has 0 rings (SSSR count). The summed E-state index contributed by atoms with van der Waals surface area (Å²) in [5.74, 6) is -0.167. The number of nitrogens with one attached hydrogen (secondary N) is 1. The topological polar surface area (TPSA) is 63.2 Å². The second-order valence-corrected chi connectivity index (χ2v) is 8.82. The van der Waals surface area contributed by atoms with E-state index in [2.05, 4.69) is 4.72 Å². The molecular weight excluding hydrogens is 250 g/mol. The lowest BCUT2D eigenvalue weighted by molar-refractivity contribution is -0.125. The van der Waals surface area contributed by atoms with E-state index in [1.807, 2.05) is 27.7 Å². The van der Waals surface area contributed by atoms with Crippen LogP contribution in [0.1, 0.15) is 54.9 Å². The third-order valence-corrected chi connectivity index (χ3v) is 4.54. The SMILES string of the molecule is C[C@@H](NS(=O)(=O)CCC(=O)C(C)(C)C)C(C)(C)C. The van der Waals surface area contributed by atoms with Crippen molar-refractivity contribution in [1.82, 2.24) is 4.72 Å². The number of carbonyl (C=O) groups is 1. The Bertz CT molecular complexity index is 385. The van der Waals surface area contributed by atoms with Crippen LogP contribution in [0.15, 0.2) is 0 Å². The maximum atomic E-state index is 11.9. The van der Waals surface area contributed by atoms with Crippen molar-refractivity contribution < 1.29 is 13.2 Å². The van der Waals surface area contributed by atoms with E-state index in [1.54, 1.807) is 20.8 Å². The van der Waals surface area contributed by atoms with Crippen LogP contribution in [0.25, 0.3) is 0 Å². The summed E-state index contributed by atoms with van der Waals surface area (Å²) in [7, 11) is -3.39. The van der Waals surface area contributed by atoms with Gasteiger partial charge in [0.15, 0.2) is 0 Å². The minimum absolute atomic E-state index is 0.0312. The second-order valence-electron chi connectivity index (χ2n) is 6.95. The Kier molecular flexibility index (Phi) is 5.56. The first-order valence-corrected chi connectivity index (χ1v) is 7.94. The number of ketones is 1. The molecule has 0 heterocycles. The van der Waals surface area contributed by atoms with Gasteiger partial charge >= 0.3 is 0 Å². The molecule has 0 radical (unpaired) electrons. The van der Waals surface area contributed by atoms with Gasteiger partial charge in [-0.05, 0) is 12.3 Å². The number of hydrogen-bond donors (Lipinski definition) is 1. The van der Waals surface area contributed by atoms with Crippen LogP contribution in [0.4, 0.5) is 0 Å². The van der Waals surface area contributed by atoms with E-state index in [1.165, 1.54) is 0 Å². The van der Waals surface area contributed by atoms with Crippen LogP contribution in [0.5, 0.6) is 0 Å². The summed E-state index contributed by atoms with van der Waals surface area (Å²) in [6, 6.07) is -0.160. The van der Waals surface area contributed by atoms with Crippen molar-refractivity contribution in [2.45, 2.75) is 60.9 Å². The van der Waals surface area contributed by atoms with Gasteiger partial charge in [0, 0.05) is 17.9 Å². The smallest absolute Gasteiger partial charge is 0.212 e. The van der Waals surface area contributed by atoms with Crippen molar-refractivity contribution in [1.29, 1.82) is 0 Å². The third-order valence-electron chi connectivity index (χ3n) is 3.09. The molecule has 108 valence electrons. The standard InChI is InChI=1S/C13H27NO3S/c1-10(12(2,3)4)14-18(16,17)9-8-11(15)13(5,6)7/h10,14H,8-9H2,1-7H3/t10-/m1/s1. The van der Waals surface area contributed by atoms with Crippen molar-refractivity contribution in [2.24, 2.45) is 10.8 Å². The van der Waals surface area contributed by atoms with Gasteiger partial charge in [-0.25, -0.2) is 13.1 Å². The summed E-state index contributed by atoms with van der Waals surface area (Å²) >= 11 is 0. The first kappa shape index (κ1) is 17.6. The fraction of sp³-hybridized carbons (Fsp3) is 0.923. The molecule has 1 atom stereocenters. The molecule has 0 unspecified atom stereocenters. The predicted octanol–water partition coefficient (Wildman–Crippen LogP) is 2.35. The fourth-order valence-electron chi connectivity index (χ4n) is 1.11. The molecule has 0 saturated carbocycles. The van der Waals surface area contributed by atoms with Gasteiger partial charge < -0.3 is 0 Å². The van der Waals surface area contributed by atoms with Crippen LogP contribution >= 0.6 is 0 Å². The Morgan fingerprint density at radius 2 is 1.56 bits per heavy atom. The summed E-state index contributed by atoms with van der Waals surface area (Å²) in [4.78, 5) is 11.7. The van der Waals surface area contributed by atoms with Crippen LogP contribution in [-0.2, 0) is 14.8 Å². The second kappa shape index (κ2) is 5.70. The van der Waals surface area contributed by atoms with E-state index in [9.17, 15) is 13.2 Å². The van der Waals surface area contributed by atoms with Gasteiger partial charge in [-0.2, -0.15) is 0 Å². The Morgan fingerprint density at radius 1 is 1.11 bits per heavy atom. The van der Waals surface area contributed by atoms with Crippen LogP contribution < -0.4 is 4.72 Å². The Hall–Kier alpha value is -0.420. The summed E-state index contributed by atoms with van der Waals surface area (Å²) < 4.78 is 26.3. The van der Waals surface area contributed by atoms with Gasteiger partial charge in [-0.3, -0.25) is 4.79 Å². The predicted molar refractivity (Wildman–Crippen MR) is 74.9 cm³/mol. The van der Waals surface area contributed by atoms with E-state index >= 15 is 0 Å². The number of rotatable bonds is 5. The van der Waals surface area contributed by atoms with Gasteiger partial charge in [0.25, 0.3) is 0 Å². The van der Waals surface area contributed by atoms with Crippen molar-refractivity contribution in [3.8, 4) is 0 Å². The van der Waals surface area contributed by atoms with E-state index in [0.29, 0.717) is 0 Å². The number of sulfonamides is 1. The zero-order valence-corrected chi connectivity index (χ0v) is 13.4. The molecule has 0 aliphatic carbocycles. The van der Waals surface area contributed by atoms with Crippen molar-refractivity contribution in [3.05, 3.63) is 0 Å². The van der Waals surface area contributed by atoms with Crippen molar-refractivity contribution >= 4 is 15.8 Å². The first-order chi connectivity index (χ1) is 7.76. The lowest BCUT2D eigenvalue weighted by Crippen LogP contribution is -2.42. The molecule has 0 fully saturated rings. The highest BCUT2D eigenvalue weighted by Crippen LogP contribution is 2.20. The number of Topliss-reactive ketones (excluding diaryl/α,β-unsaturated/α-hetero) is 1. The van der Waals surface area contributed by atoms with Gasteiger partial charge in [-0.1, -0.05) is 41.5 Å². The zero-order valence-electron chi connectivity index (χ0n) is 12.6. The lowest BCUT2D eigenvalue weighted by atomic mass is 9.89. The Labute approximate surface area is 112 Å². The van der Waals surface area contributed by atoms with Gasteiger partial charge in [-0.15, -0.1) is 0 Å². The molecule has 1 N–H and O–H groups in total. The molecule has 0 amide bonds. The Morgan fingerprint density at radius 3 is 1.89 bits per heavy atom. The third kappa shape index (κ3) is 6.50. The molecule has 0 aromatic heterocycles. The molecule has 0 bridgehead atoms. The fourth-order valence-corrected chi connectivity index (χ4v) is 2.57. The molecule has 0 aromatic rings. The van der Waals surface area contributed by atoms with Gasteiger partial charge in [0.05, 0.1) is 5.75 Å². The van der Waals surface area contributed by atoms with E-state index < -0.39 is 15.4 Å². The summed E-state index contributed by atoms with van der Waals surface area (Å²) in [5, 5.41) is 0. The van der Waals surface area contributed by atoms with Crippen molar-refractivity contribution in [3.63, 3.8) is 0 Å². The molecule has 5 heteroatoms. The average Bonchev–Trinajstić information content (AvgIpc) is 2.10. The van der Waals surface area contributed by atoms with Crippen LogP contribution in [0, 0.1) is 10.8 Å². The van der Waals surface area contributed by atoms with Gasteiger partial charge in [0.2, 0.25) is 10.0 Å². The quantitative estimate of drug-likeness (QED) is 0.839. The number of hydrogen-bond acceptors (Lipinski definition) is 3. The first-order valence-electron chi connectivity index (χ1n) is 6.29. The highest BCUT2D eigenvalue weighted by atomic mass is 32.2. The lowest BCUT2D eigenvalue weighted by Gasteiger charge is -2.28. The summed E-state index contributed by atoms with van der Waals surface area (Å²) in [6.45, 7) is 13.2. The van der Waals surface area contributed by atoms with Gasteiger partial charge in [0.1, 0.15) is 5.78 Å². The minimum atomic E-state index is -3.39. The molecule has 0 aliphatic rings. The number of carbonyl (C=O) groups excluding carboxylic acids is 1. The van der Waals surface area contributed by atoms with E-state index in [0.717, 1.165) is 0 Å². The molecule has 0 aliphatic heterocycles. The van der Waals surface area contributed by atoms with E-state index in [4.69, 9.17) is 0 Å². The molecule has 0 spiro atoms. The highest BCUT2D eigenvalue weighted by molar-refractivity contribution is 7.89. The average molecular weight is 277 g/mol. The minimum Gasteiger partial charge on any atom is -0.299 e. The summed E-state index contributed by atoms with van der Waals surface area (Å²) in [6.07, 6.45) is 0.0652. The molecule has 0 saturated heterocycles.